The maximum Gasteiger partial charge on any atom is 0.261 e. The van der Waals surface area contributed by atoms with Crippen molar-refractivity contribution in [2.45, 2.75) is 13.0 Å². The van der Waals surface area contributed by atoms with Gasteiger partial charge in [-0.2, -0.15) is 0 Å². The summed E-state index contributed by atoms with van der Waals surface area (Å²) in [6.07, 6.45) is 0. The van der Waals surface area contributed by atoms with Gasteiger partial charge < -0.3 is 14.7 Å². The summed E-state index contributed by atoms with van der Waals surface area (Å²) in [7, 11) is 6.09. The molecule has 0 aliphatic carbocycles. The molecule has 1 aromatic heterocycles. The van der Waals surface area contributed by atoms with Crippen LogP contribution < -0.4 is 9.80 Å². The monoisotopic (exact) mass is 315 g/mol. The van der Waals surface area contributed by atoms with Crippen LogP contribution in [0.1, 0.15) is 17.3 Å². The molecule has 4 nitrogen and oxygen atoms in total. The van der Waals surface area contributed by atoms with Gasteiger partial charge in [0.15, 0.2) is 0 Å². The summed E-state index contributed by atoms with van der Waals surface area (Å²) in [5, 5.41) is 4.00. The van der Waals surface area contributed by atoms with Crippen LogP contribution in [0.25, 0.3) is 0 Å². The number of benzene rings is 1. The molecule has 5 heteroatoms. The van der Waals surface area contributed by atoms with E-state index in [0.29, 0.717) is 0 Å². The Hall–Kier alpha value is -1.85. The molecule has 1 aliphatic rings. The number of likely N-dealkylation sites (N-methyl/N-ethyl adjacent to an activating group) is 1. The van der Waals surface area contributed by atoms with Crippen molar-refractivity contribution >= 4 is 34.3 Å². The highest BCUT2D eigenvalue weighted by Gasteiger charge is 2.32. The standard InChI is InChI=1S/C17H21N3OS/c1-12(9-18(2)3)20-15-8-6-5-7-14(15)19(4)16-11-22-10-13(16)17(20)21/h5-8,10-12H,9H2,1-4H3. The number of anilines is 3. The quantitative estimate of drug-likeness (QED) is 0.868. The van der Waals surface area contributed by atoms with Crippen molar-refractivity contribution in [3.8, 4) is 0 Å². The topological polar surface area (TPSA) is 26.8 Å². The van der Waals surface area contributed by atoms with Gasteiger partial charge in [0.25, 0.3) is 5.91 Å². The minimum Gasteiger partial charge on any atom is -0.342 e. The van der Waals surface area contributed by atoms with Crippen LogP contribution in [-0.4, -0.2) is 44.5 Å². The van der Waals surface area contributed by atoms with E-state index < -0.39 is 0 Å². The number of hydrogen-bond donors (Lipinski definition) is 0. The van der Waals surface area contributed by atoms with Gasteiger partial charge in [0, 0.05) is 30.4 Å². The second-order valence-electron chi connectivity index (χ2n) is 6.00. The van der Waals surface area contributed by atoms with E-state index in [-0.39, 0.29) is 11.9 Å². The number of amides is 1. The van der Waals surface area contributed by atoms with Crippen LogP contribution in [0, 0.1) is 0 Å². The molecule has 1 unspecified atom stereocenters. The van der Waals surface area contributed by atoms with E-state index in [2.05, 4.69) is 22.8 Å². The third kappa shape index (κ3) is 2.40. The van der Waals surface area contributed by atoms with Crippen molar-refractivity contribution < 1.29 is 4.79 Å². The molecule has 1 aliphatic heterocycles. The molecule has 0 radical (unpaired) electrons. The van der Waals surface area contributed by atoms with E-state index in [1.54, 1.807) is 11.3 Å². The number of thiophene rings is 1. The molecule has 2 heterocycles. The van der Waals surface area contributed by atoms with E-state index in [4.69, 9.17) is 0 Å². The summed E-state index contributed by atoms with van der Waals surface area (Å²) < 4.78 is 0. The number of carbonyl (C=O) groups is 1. The van der Waals surface area contributed by atoms with Crippen molar-refractivity contribution in [3.63, 3.8) is 0 Å². The van der Waals surface area contributed by atoms with Crippen LogP contribution in [-0.2, 0) is 0 Å². The number of para-hydroxylation sites is 2. The highest BCUT2D eigenvalue weighted by Crippen LogP contribution is 2.41. The lowest BCUT2D eigenvalue weighted by molar-refractivity contribution is 0.0976. The van der Waals surface area contributed by atoms with Crippen molar-refractivity contribution in [2.24, 2.45) is 0 Å². The van der Waals surface area contributed by atoms with Crippen molar-refractivity contribution in [1.29, 1.82) is 0 Å². The highest BCUT2D eigenvalue weighted by molar-refractivity contribution is 7.08. The molecule has 2 aromatic rings. The molecule has 116 valence electrons. The molecule has 1 atom stereocenters. The van der Waals surface area contributed by atoms with Gasteiger partial charge in [0.1, 0.15) is 0 Å². The van der Waals surface area contributed by atoms with Gasteiger partial charge in [-0.05, 0) is 33.2 Å². The molecule has 0 spiro atoms. The smallest absolute Gasteiger partial charge is 0.261 e. The summed E-state index contributed by atoms with van der Waals surface area (Å²) in [6.45, 7) is 2.93. The first-order valence-corrected chi connectivity index (χ1v) is 8.32. The molecule has 1 amide bonds. The number of hydrogen-bond acceptors (Lipinski definition) is 4. The largest absolute Gasteiger partial charge is 0.342 e. The Morgan fingerprint density at radius 1 is 1.14 bits per heavy atom. The first-order valence-electron chi connectivity index (χ1n) is 7.38. The zero-order chi connectivity index (χ0) is 15.9. The number of carbonyl (C=O) groups excluding carboxylic acids is 1. The van der Waals surface area contributed by atoms with Crippen LogP contribution in [0.2, 0.25) is 0 Å². The van der Waals surface area contributed by atoms with Gasteiger partial charge in [-0.15, -0.1) is 11.3 Å². The molecule has 0 bridgehead atoms. The molecule has 0 saturated heterocycles. The van der Waals surface area contributed by atoms with Crippen LogP contribution in [0.15, 0.2) is 35.0 Å². The fourth-order valence-electron chi connectivity index (χ4n) is 3.08. The first-order chi connectivity index (χ1) is 10.5. The number of rotatable bonds is 3. The molecular weight excluding hydrogens is 294 g/mol. The second-order valence-corrected chi connectivity index (χ2v) is 6.75. The SMILES string of the molecule is CC(CN(C)C)N1C(=O)c2cscc2N(C)c2ccccc21. The normalized spacial score (nSPS) is 15.6. The summed E-state index contributed by atoms with van der Waals surface area (Å²) in [6, 6.07) is 8.22. The van der Waals surface area contributed by atoms with Gasteiger partial charge in [0.05, 0.1) is 22.6 Å². The van der Waals surface area contributed by atoms with Crippen LogP contribution in [0.5, 0.6) is 0 Å². The summed E-state index contributed by atoms with van der Waals surface area (Å²) >= 11 is 1.57. The third-order valence-corrected chi connectivity index (χ3v) is 4.76. The first kappa shape index (κ1) is 15.1. The zero-order valence-electron chi connectivity index (χ0n) is 13.4. The zero-order valence-corrected chi connectivity index (χ0v) is 14.2. The molecule has 0 saturated carbocycles. The van der Waals surface area contributed by atoms with E-state index in [9.17, 15) is 4.79 Å². The van der Waals surface area contributed by atoms with E-state index in [1.807, 2.05) is 55.0 Å². The Labute approximate surface area is 135 Å². The van der Waals surface area contributed by atoms with Crippen LogP contribution in [0.4, 0.5) is 17.1 Å². The number of fused-ring (bicyclic) bond motifs is 2. The minimum absolute atomic E-state index is 0.0856. The average molecular weight is 315 g/mol. The van der Waals surface area contributed by atoms with Crippen LogP contribution in [0.3, 0.4) is 0 Å². The van der Waals surface area contributed by atoms with Crippen molar-refractivity contribution in [3.05, 3.63) is 40.6 Å². The molecule has 1 aromatic carbocycles. The molecule has 0 fully saturated rings. The molecule has 0 N–H and O–H groups in total. The van der Waals surface area contributed by atoms with E-state index >= 15 is 0 Å². The predicted molar refractivity (Wildman–Crippen MR) is 93.6 cm³/mol. The summed E-state index contributed by atoms with van der Waals surface area (Å²) in [5.74, 6) is 0.0856. The average Bonchev–Trinajstić information content (AvgIpc) is 2.93. The van der Waals surface area contributed by atoms with Gasteiger partial charge in [-0.25, -0.2) is 0 Å². The molecular formula is C17H21N3OS. The Morgan fingerprint density at radius 3 is 2.50 bits per heavy atom. The highest BCUT2D eigenvalue weighted by atomic mass is 32.1. The predicted octanol–water partition coefficient (Wildman–Crippen LogP) is 3.43. The lowest BCUT2D eigenvalue weighted by Gasteiger charge is -2.31. The fraction of sp³-hybridized carbons (Fsp3) is 0.353. The maximum absolute atomic E-state index is 13.1. The van der Waals surface area contributed by atoms with E-state index in [1.165, 1.54) is 0 Å². The maximum atomic E-state index is 13.1. The Kier molecular flexibility index (Phi) is 3.93. The molecule has 3 rings (SSSR count). The summed E-state index contributed by atoms with van der Waals surface area (Å²) in [4.78, 5) is 19.3. The minimum atomic E-state index is 0.0856. The second kappa shape index (κ2) is 5.74. The van der Waals surface area contributed by atoms with E-state index in [0.717, 1.165) is 29.2 Å². The Bertz CT molecular complexity index is 695. The molecule has 22 heavy (non-hydrogen) atoms. The Morgan fingerprint density at radius 2 is 1.82 bits per heavy atom. The lowest BCUT2D eigenvalue weighted by Crippen LogP contribution is -2.43. The Balaban J connectivity index is 2.16. The van der Waals surface area contributed by atoms with Crippen LogP contribution >= 0.6 is 11.3 Å². The lowest BCUT2D eigenvalue weighted by atomic mass is 10.1. The van der Waals surface area contributed by atoms with Gasteiger partial charge in [-0.3, -0.25) is 4.79 Å². The summed E-state index contributed by atoms with van der Waals surface area (Å²) in [5.41, 5.74) is 3.82. The van der Waals surface area contributed by atoms with Gasteiger partial charge >= 0.3 is 0 Å². The number of nitrogens with zero attached hydrogens (tertiary/aromatic N) is 3. The third-order valence-electron chi connectivity index (χ3n) is 4.02. The van der Waals surface area contributed by atoms with Crippen molar-refractivity contribution in [2.75, 3.05) is 37.5 Å². The fourth-order valence-corrected chi connectivity index (χ4v) is 3.92. The van der Waals surface area contributed by atoms with Crippen molar-refractivity contribution in [1.82, 2.24) is 4.90 Å². The van der Waals surface area contributed by atoms with Gasteiger partial charge in [-0.1, -0.05) is 12.1 Å². The van der Waals surface area contributed by atoms with Gasteiger partial charge in [0.2, 0.25) is 0 Å².